The summed E-state index contributed by atoms with van der Waals surface area (Å²) in [5.74, 6) is 1.55. The monoisotopic (exact) mass is 666 g/mol. The first-order chi connectivity index (χ1) is 23.1. The van der Waals surface area contributed by atoms with Gasteiger partial charge in [0, 0.05) is 56.7 Å². The second kappa shape index (κ2) is 16.3. The predicted molar refractivity (Wildman–Crippen MR) is 176 cm³/mol. The molecule has 1 atom stereocenters. The van der Waals surface area contributed by atoms with Gasteiger partial charge in [-0.15, -0.1) is 10.2 Å². The Morgan fingerprint density at radius 1 is 1.04 bits per heavy atom. The van der Waals surface area contributed by atoms with Crippen LogP contribution in [-0.4, -0.2) is 103 Å². The lowest BCUT2D eigenvalue weighted by atomic mass is 9.90. The molecule has 3 aromatic heterocycles. The lowest BCUT2D eigenvalue weighted by Crippen LogP contribution is -2.45. The van der Waals surface area contributed by atoms with Crippen LogP contribution in [0.3, 0.4) is 0 Å². The maximum Gasteiger partial charge on any atom is 0.256 e. The molecule has 6 rings (SSSR count). The molecule has 1 aliphatic carbocycles. The molecule has 47 heavy (non-hydrogen) atoms. The van der Waals surface area contributed by atoms with Gasteiger partial charge in [0.2, 0.25) is 5.95 Å². The van der Waals surface area contributed by atoms with Crippen molar-refractivity contribution in [3.8, 4) is 22.8 Å². The molecule has 0 radical (unpaired) electrons. The summed E-state index contributed by atoms with van der Waals surface area (Å²) in [4.78, 5) is 11.8. The molecule has 4 heterocycles. The summed E-state index contributed by atoms with van der Waals surface area (Å²) in [5, 5.41) is 20.0. The molecule has 0 spiro atoms. The number of hydrogen-bond donors (Lipinski definition) is 1. The van der Waals surface area contributed by atoms with Crippen molar-refractivity contribution in [1.82, 2.24) is 44.9 Å². The average Bonchev–Trinajstić information content (AvgIpc) is 3.76. The zero-order valence-corrected chi connectivity index (χ0v) is 27.8. The Labute approximate surface area is 279 Å². The summed E-state index contributed by atoms with van der Waals surface area (Å²) in [5.41, 5.74) is 2.44. The van der Waals surface area contributed by atoms with Crippen molar-refractivity contribution in [2.24, 2.45) is 0 Å². The van der Waals surface area contributed by atoms with E-state index in [-0.39, 0.29) is 6.10 Å². The van der Waals surface area contributed by atoms with E-state index in [2.05, 4.69) is 40.4 Å². The topological polar surface area (TPSA) is 139 Å². The first-order valence-corrected chi connectivity index (χ1v) is 16.8. The van der Waals surface area contributed by atoms with Crippen LogP contribution >= 0.6 is 11.6 Å². The third kappa shape index (κ3) is 8.95. The van der Waals surface area contributed by atoms with Crippen LogP contribution in [0, 0.1) is 0 Å². The number of tetrazole rings is 1. The lowest BCUT2D eigenvalue weighted by Gasteiger charge is -2.38. The highest BCUT2D eigenvalue weighted by Crippen LogP contribution is 2.35. The lowest BCUT2D eigenvalue weighted by molar-refractivity contribution is 0.00502. The van der Waals surface area contributed by atoms with E-state index in [4.69, 9.17) is 35.6 Å². The molecule has 1 saturated heterocycles. The summed E-state index contributed by atoms with van der Waals surface area (Å²) in [6, 6.07) is 6.54. The summed E-state index contributed by atoms with van der Waals surface area (Å²) in [6.45, 7) is 9.97. The Balaban J connectivity index is 1.11. The van der Waals surface area contributed by atoms with Gasteiger partial charge in [0.05, 0.1) is 43.6 Å². The zero-order valence-electron chi connectivity index (χ0n) is 27.0. The highest BCUT2D eigenvalue weighted by Gasteiger charge is 2.29. The molecule has 2 aliphatic rings. The van der Waals surface area contributed by atoms with Crippen molar-refractivity contribution in [2.75, 3.05) is 51.4 Å². The third-order valence-corrected chi connectivity index (χ3v) is 8.82. The number of rotatable bonds is 15. The molecule has 2 fully saturated rings. The van der Waals surface area contributed by atoms with Crippen LogP contribution in [0.1, 0.15) is 52.0 Å². The minimum atomic E-state index is -0.203. The minimum absolute atomic E-state index is 0.203. The number of halogens is 1. The van der Waals surface area contributed by atoms with Gasteiger partial charge in [-0.25, -0.2) is 14.6 Å². The molecule has 1 aliphatic heterocycles. The van der Waals surface area contributed by atoms with Gasteiger partial charge in [-0.05, 0) is 67.7 Å². The Morgan fingerprint density at radius 2 is 1.83 bits per heavy atom. The quantitative estimate of drug-likeness (QED) is 0.174. The van der Waals surface area contributed by atoms with Crippen LogP contribution in [-0.2, 0) is 16.0 Å². The molecule has 1 saturated carbocycles. The molecular weight excluding hydrogens is 624 g/mol. The maximum absolute atomic E-state index is 6.45. The molecule has 1 aromatic carbocycles. The van der Waals surface area contributed by atoms with E-state index >= 15 is 0 Å². The highest BCUT2D eigenvalue weighted by molar-refractivity contribution is 6.32. The normalized spacial score (nSPS) is 19.4. The summed E-state index contributed by atoms with van der Waals surface area (Å²) < 4.78 is 26.9. The standard InChI is InChI=1S/C32H43ClN10O4/c1-3-44-13-4-14-46-31-29(21-43(38-31)27-8-6-26(7-9-27)41-11-15-45-16-12-41)37-32-34-18-25(19-35-32)24-5-10-28(33)30(17-24)47-23(2)20-42-22-36-39-40-42/h5,10,17-19,21-23,26-27H,3-4,6-9,11-16,20H2,1-2H3,(H,34,35,37)/t23-,26-,27-/m0/s1. The zero-order chi connectivity index (χ0) is 32.4. The number of morpholine rings is 1. The Bertz CT molecular complexity index is 1520. The number of anilines is 2. The molecular formula is C32H43ClN10O4. The van der Waals surface area contributed by atoms with Crippen LogP contribution in [0.5, 0.6) is 11.6 Å². The van der Waals surface area contributed by atoms with Gasteiger partial charge >= 0.3 is 0 Å². The van der Waals surface area contributed by atoms with Crippen molar-refractivity contribution in [2.45, 2.75) is 70.7 Å². The summed E-state index contributed by atoms with van der Waals surface area (Å²) >= 11 is 6.45. The fraction of sp³-hybridized carbons (Fsp3) is 0.562. The first-order valence-electron chi connectivity index (χ1n) is 16.4. The van der Waals surface area contributed by atoms with E-state index in [0.717, 1.165) is 75.2 Å². The molecule has 1 N–H and O–H groups in total. The van der Waals surface area contributed by atoms with E-state index in [9.17, 15) is 0 Å². The molecule has 14 nitrogen and oxygen atoms in total. The fourth-order valence-corrected chi connectivity index (χ4v) is 6.24. The number of nitrogens with zero attached hydrogens (tertiary/aromatic N) is 9. The molecule has 252 valence electrons. The van der Waals surface area contributed by atoms with Crippen LogP contribution in [0.2, 0.25) is 5.02 Å². The average molecular weight is 667 g/mol. The maximum atomic E-state index is 6.45. The van der Waals surface area contributed by atoms with E-state index in [1.165, 1.54) is 0 Å². The van der Waals surface area contributed by atoms with Gasteiger partial charge in [-0.3, -0.25) is 9.58 Å². The minimum Gasteiger partial charge on any atom is -0.487 e. The number of benzene rings is 1. The van der Waals surface area contributed by atoms with Crippen molar-refractivity contribution < 1.29 is 18.9 Å². The number of ether oxygens (including phenoxy) is 4. The van der Waals surface area contributed by atoms with Gasteiger partial charge in [0.25, 0.3) is 5.88 Å². The van der Waals surface area contributed by atoms with Crippen molar-refractivity contribution in [1.29, 1.82) is 0 Å². The second-order valence-electron chi connectivity index (χ2n) is 11.9. The van der Waals surface area contributed by atoms with E-state index in [1.54, 1.807) is 29.5 Å². The van der Waals surface area contributed by atoms with Crippen LogP contribution in [0.4, 0.5) is 11.6 Å². The van der Waals surface area contributed by atoms with Crippen molar-refractivity contribution >= 4 is 23.2 Å². The molecule has 0 bridgehead atoms. The van der Waals surface area contributed by atoms with Gasteiger partial charge in [0.15, 0.2) is 0 Å². The Hall–Kier alpha value is -3.85. The van der Waals surface area contributed by atoms with Gasteiger partial charge in [-0.1, -0.05) is 17.7 Å². The van der Waals surface area contributed by atoms with Crippen molar-refractivity contribution in [3.05, 3.63) is 48.1 Å². The van der Waals surface area contributed by atoms with Gasteiger partial charge in [-0.2, -0.15) is 0 Å². The second-order valence-corrected chi connectivity index (χ2v) is 12.3. The summed E-state index contributed by atoms with van der Waals surface area (Å²) in [6.07, 6.45) is 12.1. The molecule has 15 heteroatoms. The third-order valence-electron chi connectivity index (χ3n) is 8.50. The van der Waals surface area contributed by atoms with Crippen molar-refractivity contribution in [3.63, 3.8) is 0 Å². The predicted octanol–water partition coefficient (Wildman–Crippen LogP) is 4.81. The molecule has 0 amide bonds. The van der Waals surface area contributed by atoms with Crippen LogP contribution < -0.4 is 14.8 Å². The molecule has 0 unspecified atom stereocenters. The van der Waals surface area contributed by atoms with Gasteiger partial charge in [0.1, 0.15) is 23.9 Å². The number of nitrogens with one attached hydrogen (secondary N) is 1. The van der Waals surface area contributed by atoms with E-state index in [1.807, 2.05) is 32.2 Å². The smallest absolute Gasteiger partial charge is 0.256 e. The SMILES string of the molecule is CCOCCCOc1nn([C@H]2CC[C@H](N3CCOCC3)CC2)cc1Nc1ncc(-c2ccc(Cl)c(O[C@@H](C)Cn3cnnn3)c2)cn1. The number of hydrogen-bond acceptors (Lipinski definition) is 12. The van der Waals surface area contributed by atoms with Crippen LogP contribution in [0.15, 0.2) is 43.1 Å². The Morgan fingerprint density at radius 3 is 2.57 bits per heavy atom. The van der Waals surface area contributed by atoms with Crippen LogP contribution in [0.25, 0.3) is 11.1 Å². The summed E-state index contributed by atoms with van der Waals surface area (Å²) in [7, 11) is 0. The first kappa shape index (κ1) is 33.1. The fourth-order valence-electron chi connectivity index (χ4n) is 6.08. The van der Waals surface area contributed by atoms with E-state index in [0.29, 0.717) is 61.0 Å². The van der Waals surface area contributed by atoms with E-state index < -0.39 is 0 Å². The highest BCUT2D eigenvalue weighted by atomic mass is 35.5. The number of aromatic nitrogens is 8. The molecule has 4 aromatic rings. The Kier molecular flexibility index (Phi) is 11.5. The van der Waals surface area contributed by atoms with Gasteiger partial charge < -0.3 is 24.3 Å². The largest absolute Gasteiger partial charge is 0.487 e.